The molecule has 0 saturated carbocycles. The maximum atomic E-state index is 13.8. The zero-order valence-electron chi connectivity index (χ0n) is 20.1. The number of aliphatic hydroxyl groups excluding tert-OH is 1. The number of amides is 1. The number of nitrogens with two attached hydrogens (primary N) is 1. The van der Waals surface area contributed by atoms with Crippen molar-refractivity contribution in [3.63, 3.8) is 0 Å². The summed E-state index contributed by atoms with van der Waals surface area (Å²) in [6.07, 6.45) is -6.66. The minimum Gasteiger partial charge on any atom is -0.479 e. The smallest absolute Gasteiger partial charge is 0.449 e. The molecule has 0 spiro atoms. The van der Waals surface area contributed by atoms with Gasteiger partial charge in [0, 0.05) is 31.6 Å². The van der Waals surface area contributed by atoms with Crippen LogP contribution in [0.25, 0.3) is 0 Å². The summed E-state index contributed by atoms with van der Waals surface area (Å²) in [5, 5.41) is 15.8. The van der Waals surface area contributed by atoms with E-state index >= 15 is 0 Å². The molecule has 2 aromatic rings. The standard InChI is InChI=1S/C19H18F6N4O3.C3H6O3/c1-32-17(31)16-14-8-28(2-3-29(14)18(27-16)19(23,24)25)15(30)6-10(26)4-9-5-12(21)13(22)7-11(9)20;1-2(4)3(5)6/h5,7,10H,2-4,6,8,26H2,1H3;2,4H,1H3,(H,5,6)/t10-;/m1./s1. The first-order valence-corrected chi connectivity index (χ1v) is 10.9. The Morgan fingerprint density at radius 3 is 2.24 bits per heavy atom. The Hall–Kier alpha value is -3.66. The molecule has 1 amide bonds. The van der Waals surface area contributed by atoms with E-state index in [1.54, 1.807) is 0 Å². The first-order valence-electron chi connectivity index (χ1n) is 10.9. The fourth-order valence-corrected chi connectivity index (χ4v) is 3.49. The number of fused-ring (bicyclic) bond motifs is 1. The number of hydrogen-bond acceptors (Lipinski definition) is 7. The van der Waals surface area contributed by atoms with Gasteiger partial charge < -0.3 is 30.2 Å². The lowest BCUT2D eigenvalue weighted by atomic mass is 10.0. The van der Waals surface area contributed by atoms with Gasteiger partial charge in [-0.2, -0.15) is 13.2 Å². The number of benzene rings is 1. The maximum Gasteiger partial charge on any atom is 0.449 e. The Morgan fingerprint density at radius 2 is 1.71 bits per heavy atom. The molecule has 0 fully saturated rings. The van der Waals surface area contributed by atoms with Crippen molar-refractivity contribution < 1.29 is 55.7 Å². The number of aliphatic carboxylic acids is 1. The predicted molar refractivity (Wildman–Crippen MR) is 116 cm³/mol. The maximum absolute atomic E-state index is 13.8. The molecule has 2 heterocycles. The molecular weight excluding hydrogens is 530 g/mol. The summed E-state index contributed by atoms with van der Waals surface area (Å²) in [5.74, 6) is -7.75. The average molecular weight is 554 g/mol. The normalized spacial score (nSPS) is 14.6. The van der Waals surface area contributed by atoms with E-state index in [0.717, 1.165) is 11.7 Å². The minimum atomic E-state index is -4.82. The second-order valence-corrected chi connectivity index (χ2v) is 8.23. The van der Waals surface area contributed by atoms with Crippen LogP contribution in [0, 0.1) is 17.5 Å². The van der Waals surface area contributed by atoms with Gasteiger partial charge in [0.2, 0.25) is 11.7 Å². The van der Waals surface area contributed by atoms with Crippen LogP contribution in [0.5, 0.6) is 0 Å². The Bertz CT molecular complexity index is 1200. The fourth-order valence-electron chi connectivity index (χ4n) is 3.49. The van der Waals surface area contributed by atoms with Crippen LogP contribution < -0.4 is 5.73 Å². The average Bonchev–Trinajstić information content (AvgIpc) is 3.21. The first-order chi connectivity index (χ1) is 17.6. The highest BCUT2D eigenvalue weighted by Gasteiger charge is 2.42. The molecule has 4 N–H and O–H groups in total. The number of imidazole rings is 1. The van der Waals surface area contributed by atoms with E-state index in [-0.39, 0.29) is 43.7 Å². The molecule has 0 radical (unpaired) electrons. The number of hydrogen-bond donors (Lipinski definition) is 3. The van der Waals surface area contributed by atoms with E-state index < -0.39 is 65.1 Å². The number of halogens is 6. The van der Waals surface area contributed by atoms with Gasteiger partial charge >= 0.3 is 18.1 Å². The number of carboxylic acids is 1. The van der Waals surface area contributed by atoms with Crippen LogP contribution in [-0.2, 0) is 40.0 Å². The summed E-state index contributed by atoms with van der Waals surface area (Å²) in [6, 6.07) is 0.0485. The van der Waals surface area contributed by atoms with Crippen molar-refractivity contribution in [1.29, 1.82) is 0 Å². The molecule has 0 bridgehead atoms. The molecule has 16 heteroatoms. The van der Waals surface area contributed by atoms with Crippen LogP contribution in [0.2, 0.25) is 0 Å². The van der Waals surface area contributed by atoms with E-state index in [2.05, 4.69) is 9.72 Å². The van der Waals surface area contributed by atoms with Gasteiger partial charge in [-0.1, -0.05) is 0 Å². The fraction of sp³-hybridized carbons (Fsp3) is 0.455. The number of carboxylic acid groups (broad SMARTS) is 1. The van der Waals surface area contributed by atoms with Crippen LogP contribution in [0.15, 0.2) is 12.1 Å². The number of rotatable bonds is 6. The topological polar surface area (TPSA) is 148 Å². The molecule has 3 rings (SSSR count). The molecule has 10 nitrogen and oxygen atoms in total. The number of ether oxygens (including phenoxy) is 1. The number of methoxy groups -OCH3 is 1. The lowest BCUT2D eigenvalue weighted by molar-refractivity contribution is -0.148. The van der Waals surface area contributed by atoms with Gasteiger partial charge in [-0.25, -0.2) is 27.7 Å². The Balaban J connectivity index is 0.000000757. The number of aromatic nitrogens is 2. The van der Waals surface area contributed by atoms with Crippen molar-refractivity contribution in [2.75, 3.05) is 13.7 Å². The lowest BCUT2D eigenvalue weighted by Crippen LogP contribution is -2.42. The zero-order valence-corrected chi connectivity index (χ0v) is 20.1. The second kappa shape index (κ2) is 12.3. The van der Waals surface area contributed by atoms with Gasteiger partial charge in [-0.15, -0.1) is 0 Å². The molecule has 1 aliphatic heterocycles. The Morgan fingerprint density at radius 1 is 1.13 bits per heavy atom. The highest BCUT2D eigenvalue weighted by atomic mass is 19.4. The lowest BCUT2D eigenvalue weighted by Gasteiger charge is -2.30. The third-order valence-corrected chi connectivity index (χ3v) is 5.36. The number of esters is 1. The van der Waals surface area contributed by atoms with Gasteiger partial charge in [0.25, 0.3) is 0 Å². The number of aliphatic hydroxyl groups is 1. The molecule has 38 heavy (non-hydrogen) atoms. The summed E-state index contributed by atoms with van der Waals surface area (Å²) >= 11 is 0. The molecule has 0 aliphatic carbocycles. The SMILES string of the molecule is CC(O)C(=O)O.COC(=O)c1nc(C(F)(F)F)n2c1CN(C(=O)C[C@H](N)Cc1cc(F)c(F)cc1F)CC2. The summed E-state index contributed by atoms with van der Waals surface area (Å²) < 4.78 is 85.3. The molecule has 0 saturated heterocycles. The van der Waals surface area contributed by atoms with E-state index in [0.29, 0.717) is 12.1 Å². The van der Waals surface area contributed by atoms with Crippen LogP contribution in [-0.4, -0.2) is 68.3 Å². The summed E-state index contributed by atoms with van der Waals surface area (Å²) in [6.45, 7) is 0.464. The summed E-state index contributed by atoms with van der Waals surface area (Å²) in [4.78, 5) is 38.5. The van der Waals surface area contributed by atoms with Gasteiger partial charge in [-0.3, -0.25) is 4.79 Å². The minimum absolute atomic E-state index is 0.113. The molecular formula is C22H24F6N4O6. The molecule has 1 unspecified atom stereocenters. The number of alkyl halides is 3. The van der Waals surface area contributed by atoms with Crippen molar-refractivity contribution in [2.24, 2.45) is 5.73 Å². The number of carbonyl (C=O) groups is 3. The summed E-state index contributed by atoms with van der Waals surface area (Å²) in [5.41, 5.74) is 4.95. The number of carbonyl (C=O) groups excluding carboxylic acids is 2. The Labute approximate surface area is 211 Å². The second-order valence-electron chi connectivity index (χ2n) is 8.23. The van der Waals surface area contributed by atoms with Gasteiger partial charge in [0.1, 0.15) is 11.9 Å². The third kappa shape index (κ3) is 7.44. The first kappa shape index (κ1) is 30.6. The molecule has 1 aromatic heterocycles. The van der Waals surface area contributed by atoms with Gasteiger partial charge in [0.05, 0.1) is 19.3 Å². The highest BCUT2D eigenvalue weighted by molar-refractivity contribution is 5.89. The van der Waals surface area contributed by atoms with Crippen molar-refractivity contribution in [3.05, 3.63) is 52.4 Å². The zero-order chi connectivity index (χ0) is 28.9. The van der Waals surface area contributed by atoms with E-state index in [1.165, 1.54) is 11.8 Å². The monoisotopic (exact) mass is 554 g/mol. The van der Waals surface area contributed by atoms with Crippen molar-refractivity contribution in [2.45, 2.75) is 51.2 Å². The van der Waals surface area contributed by atoms with Crippen LogP contribution in [0.1, 0.15) is 40.9 Å². The van der Waals surface area contributed by atoms with Crippen molar-refractivity contribution in [3.8, 4) is 0 Å². The van der Waals surface area contributed by atoms with E-state index in [9.17, 15) is 40.7 Å². The van der Waals surface area contributed by atoms with Crippen molar-refractivity contribution >= 4 is 17.8 Å². The largest absolute Gasteiger partial charge is 0.479 e. The predicted octanol–water partition coefficient (Wildman–Crippen LogP) is 1.86. The molecule has 2 atom stereocenters. The van der Waals surface area contributed by atoms with Crippen LogP contribution in [0.3, 0.4) is 0 Å². The molecule has 210 valence electrons. The molecule has 1 aromatic carbocycles. The third-order valence-electron chi connectivity index (χ3n) is 5.36. The van der Waals surface area contributed by atoms with Crippen LogP contribution >= 0.6 is 0 Å². The number of nitrogens with zero attached hydrogens (tertiary/aromatic N) is 3. The quantitative estimate of drug-likeness (QED) is 0.279. The van der Waals surface area contributed by atoms with Gasteiger partial charge in [0.15, 0.2) is 17.3 Å². The van der Waals surface area contributed by atoms with E-state index in [4.69, 9.17) is 15.9 Å². The summed E-state index contributed by atoms with van der Waals surface area (Å²) in [7, 11) is 0.990. The Kier molecular flexibility index (Phi) is 9.86. The van der Waals surface area contributed by atoms with E-state index in [1.807, 2.05) is 0 Å². The van der Waals surface area contributed by atoms with Crippen molar-refractivity contribution in [1.82, 2.24) is 14.5 Å². The van der Waals surface area contributed by atoms with Gasteiger partial charge in [-0.05, 0) is 25.0 Å². The molecule has 1 aliphatic rings. The highest BCUT2D eigenvalue weighted by Crippen LogP contribution is 2.32. The van der Waals surface area contributed by atoms with Crippen LogP contribution in [0.4, 0.5) is 26.3 Å².